The van der Waals surface area contributed by atoms with Gasteiger partial charge < -0.3 is 4.74 Å². The van der Waals surface area contributed by atoms with Gasteiger partial charge in [-0.2, -0.15) is 0 Å². The summed E-state index contributed by atoms with van der Waals surface area (Å²) in [6.45, 7) is 0.672. The van der Waals surface area contributed by atoms with Gasteiger partial charge in [0.25, 0.3) is 11.8 Å². The Hall–Kier alpha value is -3.15. The van der Waals surface area contributed by atoms with Crippen molar-refractivity contribution in [3.8, 4) is 5.75 Å². The minimum atomic E-state index is -0.718. The van der Waals surface area contributed by atoms with E-state index in [1.165, 1.54) is 30.3 Å². The molecule has 0 saturated heterocycles. The maximum Gasteiger partial charge on any atom is 0.272 e. The van der Waals surface area contributed by atoms with Gasteiger partial charge in [0.2, 0.25) is 0 Å². The summed E-state index contributed by atoms with van der Waals surface area (Å²) in [5.74, 6) is -1.02. The Morgan fingerprint density at radius 3 is 2.79 bits per heavy atom. The van der Waals surface area contributed by atoms with E-state index in [4.69, 9.17) is 4.74 Å². The van der Waals surface area contributed by atoms with Crippen molar-refractivity contribution >= 4 is 17.9 Å². The van der Waals surface area contributed by atoms with Gasteiger partial charge >= 0.3 is 0 Å². The van der Waals surface area contributed by atoms with Gasteiger partial charge in [-0.15, -0.1) is 0 Å². The zero-order valence-electron chi connectivity index (χ0n) is 12.7. The Bertz CT molecular complexity index is 818. The van der Waals surface area contributed by atoms with Crippen molar-refractivity contribution in [3.05, 3.63) is 71.0 Å². The van der Waals surface area contributed by atoms with Gasteiger partial charge in [-0.25, -0.2) is 4.39 Å². The first-order valence-electron chi connectivity index (χ1n) is 7.42. The molecule has 2 amide bonds. The number of ether oxygens (including phenoxy) is 1. The van der Waals surface area contributed by atoms with Gasteiger partial charge in [0.05, 0.1) is 12.2 Å². The fraction of sp³-hybridized carbons (Fsp3) is 0.111. The third-order valence-corrected chi connectivity index (χ3v) is 3.56. The predicted molar refractivity (Wildman–Crippen MR) is 86.7 cm³/mol. The molecule has 0 aliphatic carbocycles. The number of hydrogen-bond donors (Lipinski definition) is 2. The Labute approximate surface area is 138 Å². The molecule has 2 N–H and O–H groups in total. The first-order chi connectivity index (χ1) is 11.6. The monoisotopic (exact) mass is 326 g/mol. The third kappa shape index (κ3) is 3.60. The molecule has 1 heterocycles. The summed E-state index contributed by atoms with van der Waals surface area (Å²) in [5.41, 5.74) is 6.20. The number of nitrogens with one attached hydrogen (secondary N) is 2. The molecule has 0 bridgehead atoms. The fourth-order valence-electron chi connectivity index (χ4n) is 2.35. The molecular weight excluding hydrogens is 311 g/mol. The van der Waals surface area contributed by atoms with Crippen LogP contribution in [0.5, 0.6) is 5.75 Å². The zero-order valence-corrected chi connectivity index (χ0v) is 12.7. The van der Waals surface area contributed by atoms with Crippen molar-refractivity contribution < 1.29 is 18.7 Å². The molecule has 2 aromatic carbocycles. The van der Waals surface area contributed by atoms with Crippen LogP contribution in [0, 0.1) is 5.82 Å². The fourth-order valence-corrected chi connectivity index (χ4v) is 2.35. The molecule has 6 heteroatoms. The van der Waals surface area contributed by atoms with E-state index in [2.05, 4.69) is 10.9 Å². The Morgan fingerprint density at radius 2 is 1.96 bits per heavy atom. The highest BCUT2D eigenvalue weighted by atomic mass is 19.1. The SMILES string of the molecule is O=C(/C=C/c1ccc2c(c1)CCO2)NNC(=O)c1ccccc1F. The molecule has 3 rings (SSSR count). The van der Waals surface area contributed by atoms with Gasteiger partial charge in [0, 0.05) is 12.5 Å². The van der Waals surface area contributed by atoms with Crippen molar-refractivity contribution in [2.45, 2.75) is 6.42 Å². The summed E-state index contributed by atoms with van der Waals surface area (Å²) in [4.78, 5) is 23.5. The number of halogens is 1. The smallest absolute Gasteiger partial charge is 0.272 e. The summed E-state index contributed by atoms with van der Waals surface area (Å²) >= 11 is 0. The molecular formula is C18H15FN2O3. The molecule has 0 spiro atoms. The lowest BCUT2D eigenvalue weighted by Crippen LogP contribution is -2.41. The van der Waals surface area contributed by atoms with E-state index in [9.17, 15) is 14.0 Å². The molecule has 0 atom stereocenters. The minimum Gasteiger partial charge on any atom is -0.493 e. The lowest BCUT2D eigenvalue weighted by atomic mass is 10.1. The van der Waals surface area contributed by atoms with Crippen molar-refractivity contribution in [2.24, 2.45) is 0 Å². The molecule has 24 heavy (non-hydrogen) atoms. The van der Waals surface area contributed by atoms with Crippen LogP contribution in [0.1, 0.15) is 21.5 Å². The van der Waals surface area contributed by atoms with E-state index in [0.717, 1.165) is 23.3 Å². The maximum absolute atomic E-state index is 13.4. The highest BCUT2D eigenvalue weighted by molar-refractivity contribution is 5.98. The van der Waals surface area contributed by atoms with Crippen LogP contribution in [0.2, 0.25) is 0 Å². The molecule has 0 aromatic heterocycles. The highest BCUT2D eigenvalue weighted by Gasteiger charge is 2.12. The number of fused-ring (bicyclic) bond motifs is 1. The summed E-state index contributed by atoms with van der Waals surface area (Å²) in [7, 11) is 0. The number of hydrogen-bond acceptors (Lipinski definition) is 3. The van der Waals surface area contributed by atoms with E-state index < -0.39 is 17.6 Å². The Morgan fingerprint density at radius 1 is 1.12 bits per heavy atom. The summed E-state index contributed by atoms with van der Waals surface area (Å²) in [6.07, 6.45) is 3.77. The summed E-state index contributed by atoms with van der Waals surface area (Å²) in [6, 6.07) is 11.2. The third-order valence-electron chi connectivity index (χ3n) is 3.56. The van der Waals surface area contributed by atoms with Crippen LogP contribution in [0.15, 0.2) is 48.5 Å². The van der Waals surface area contributed by atoms with Crippen molar-refractivity contribution in [1.29, 1.82) is 0 Å². The van der Waals surface area contributed by atoms with E-state index >= 15 is 0 Å². The van der Waals surface area contributed by atoms with E-state index in [1.54, 1.807) is 6.08 Å². The summed E-state index contributed by atoms with van der Waals surface area (Å²) in [5, 5.41) is 0. The number of amides is 2. The zero-order chi connectivity index (χ0) is 16.9. The molecule has 0 fully saturated rings. The second-order valence-corrected chi connectivity index (χ2v) is 5.22. The topological polar surface area (TPSA) is 67.4 Å². The normalized spacial score (nSPS) is 12.5. The van der Waals surface area contributed by atoms with Crippen LogP contribution < -0.4 is 15.6 Å². The number of carbonyl (C=O) groups excluding carboxylic acids is 2. The standard InChI is InChI=1S/C18H15FN2O3/c19-15-4-2-1-3-14(15)18(23)21-20-17(22)8-6-12-5-7-16-13(11-12)9-10-24-16/h1-8,11H,9-10H2,(H,20,22)(H,21,23)/b8-6+. The van der Waals surface area contributed by atoms with Gasteiger partial charge in [0.1, 0.15) is 11.6 Å². The van der Waals surface area contributed by atoms with Crippen LogP contribution in [-0.4, -0.2) is 18.4 Å². The number of hydrazine groups is 1. The average Bonchev–Trinajstić information content (AvgIpc) is 3.06. The first kappa shape index (κ1) is 15.7. The largest absolute Gasteiger partial charge is 0.493 e. The van der Waals surface area contributed by atoms with Gasteiger partial charge in [-0.3, -0.25) is 20.4 Å². The maximum atomic E-state index is 13.4. The number of rotatable bonds is 3. The second kappa shape index (κ2) is 6.95. The van der Waals surface area contributed by atoms with Crippen LogP contribution in [-0.2, 0) is 11.2 Å². The van der Waals surface area contributed by atoms with Gasteiger partial charge in [0.15, 0.2) is 0 Å². The summed E-state index contributed by atoms with van der Waals surface area (Å²) < 4.78 is 18.9. The van der Waals surface area contributed by atoms with Crippen LogP contribution >= 0.6 is 0 Å². The van der Waals surface area contributed by atoms with Crippen molar-refractivity contribution in [2.75, 3.05) is 6.61 Å². The molecule has 0 saturated carbocycles. The lowest BCUT2D eigenvalue weighted by Gasteiger charge is -2.06. The van der Waals surface area contributed by atoms with E-state index in [0.29, 0.717) is 6.61 Å². The average molecular weight is 326 g/mol. The van der Waals surface area contributed by atoms with Crippen LogP contribution in [0.25, 0.3) is 6.08 Å². The van der Waals surface area contributed by atoms with E-state index in [-0.39, 0.29) is 5.56 Å². The molecule has 0 unspecified atom stereocenters. The van der Waals surface area contributed by atoms with Crippen molar-refractivity contribution in [3.63, 3.8) is 0 Å². The van der Waals surface area contributed by atoms with Crippen LogP contribution in [0.4, 0.5) is 4.39 Å². The molecule has 2 aromatic rings. The number of carbonyl (C=O) groups is 2. The molecule has 1 aliphatic rings. The second-order valence-electron chi connectivity index (χ2n) is 5.22. The highest BCUT2D eigenvalue weighted by Crippen LogP contribution is 2.26. The quantitative estimate of drug-likeness (QED) is 0.671. The Kier molecular flexibility index (Phi) is 4.56. The lowest BCUT2D eigenvalue weighted by molar-refractivity contribution is -0.117. The van der Waals surface area contributed by atoms with Crippen molar-refractivity contribution in [1.82, 2.24) is 10.9 Å². The first-order valence-corrected chi connectivity index (χ1v) is 7.42. The molecule has 0 radical (unpaired) electrons. The van der Waals surface area contributed by atoms with Gasteiger partial charge in [-0.05, 0) is 41.5 Å². The van der Waals surface area contributed by atoms with Crippen LogP contribution in [0.3, 0.4) is 0 Å². The molecule has 1 aliphatic heterocycles. The predicted octanol–water partition coefficient (Wildman–Crippen LogP) is 2.23. The van der Waals surface area contributed by atoms with E-state index in [1.807, 2.05) is 18.2 Å². The molecule has 122 valence electrons. The van der Waals surface area contributed by atoms with Gasteiger partial charge in [-0.1, -0.05) is 18.2 Å². The Balaban J connectivity index is 1.56. The molecule has 5 nitrogen and oxygen atoms in total. The minimum absolute atomic E-state index is 0.139. The number of benzene rings is 2.